The van der Waals surface area contributed by atoms with Crippen molar-refractivity contribution in [1.82, 2.24) is 15.3 Å². The van der Waals surface area contributed by atoms with Crippen LogP contribution in [0.3, 0.4) is 0 Å². The Hall–Kier alpha value is -1.65. The van der Waals surface area contributed by atoms with Gasteiger partial charge in [0, 0.05) is 18.5 Å². The van der Waals surface area contributed by atoms with E-state index < -0.39 is 0 Å². The van der Waals surface area contributed by atoms with Crippen LogP contribution in [0.25, 0.3) is 0 Å². The molecule has 0 aliphatic rings. The van der Waals surface area contributed by atoms with Gasteiger partial charge in [-0.1, -0.05) is 34.6 Å². The zero-order chi connectivity index (χ0) is 16.2. The molecule has 5 nitrogen and oxygen atoms in total. The summed E-state index contributed by atoms with van der Waals surface area (Å²) in [6.45, 7) is 15.0. The molecular formula is C16H28N4O. The van der Waals surface area contributed by atoms with Crippen molar-refractivity contribution in [3.63, 3.8) is 0 Å². The molecule has 0 spiro atoms. The number of carbonyl (C=O) groups is 1. The van der Waals surface area contributed by atoms with Crippen LogP contribution in [0.4, 0.5) is 5.69 Å². The minimum Gasteiger partial charge on any atom is -0.382 e. The quantitative estimate of drug-likeness (QED) is 0.874. The van der Waals surface area contributed by atoms with Crippen LogP contribution < -0.4 is 10.6 Å². The number of aromatic nitrogens is 2. The molecule has 0 aliphatic heterocycles. The number of nitrogens with zero attached hydrogens (tertiary/aromatic N) is 2. The molecule has 0 radical (unpaired) electrons. The summed E-state index contributed by atoms with van der Waals surface area (Å²) in [4.78, 5) is 21.3. The summed E-state index contributed by atoms with van der Waals surface area (Å²) in [7, 11) is 0. The molecule has 1 atom stereocenters. The highest BCUT2D eigenvalue weighted by atomic mass is 16.2. The van der Waals surface area contributed by atoms with Crippen molar-refractivity contribution in [3.05, 3.63) is 17.7 Å². The average molecular weight is 292 g/mol. The highest BCUT2D eigenvalue weighted by Gasteiger charge is 2.24. The second kappa shape index (κ2) is 6.87. The third kappa shape index (κ3) is 4.69. The molecule has 5 heteroatoms. The van der Waals surface area contributed by atoms with Gasteiger partial charge in [0.1, 0.15) is 5.82 Å². The van der Waals surface area contributed by atoms with Gasteiger partial charge < -0.3 is 10.6 Å². The molecule has 0 aromatic carbocycles. The molecule has 0 bridgehead atoms. The molecule has 21 heavy (non-hydrogen) atoms. The van der Waals surface area contributed by atoms with Crippen LogP contribution in [0, 0.1) is 5.41 Å². The van der Waals surface area contributed by atoms with Crippen molar-refractivity contribution >= 4 is 11.6 Å². The first-order chi connectivity index (χ1) is 9.66. The van der Waals surface area contributed by atoms with E-state index in [0.717, 1.165) is 6.54 Å². The molecule has 0 saturated heterocycles. The topological polar surface area (TPSA) is 66.9 Å². The van der Waals surface area contributed by atoms with E-state index in [1.807, 2.05) is 27.7 Å². The molecule has 0 aliphatic carbocycles. The van der Waals surface area contributed by atoms with Gasteiger partial charge in [0.25, 0.3) is 5.91 Å². The average Bonchev–Trinajstić information content (AvgIpc) is 2.37. The molecular weight excluding hydrogens is 264 g/mol. The normalized spacial score (nSPS) is 13.1. The monoisotopic (exact) mass is 292 g/mol. The number of nitrogens with one attached hydrogen (secondary N) is 2. The first-order valence-corrected chi connectivity index (χ1v) is 7.58. The SMILES string of the molecule is CCNc1cnc(C(C)C)nc1C(=O)NC(C)C(C)(C)C. The van der Waals surface area contributed by atoms with E-state index in [-0.39, 0.29) is 23.3 Å². The maximum Gasteiger partial charge on any atom is 0.272 e. The Morgan fingerprint density at radius 2 is 1.90 bits per heavy atom. The number of hydrogen-bond acceptors (Lipinski definition) is 4. The van der Waals surface area contributed by atoms with Crippen molar-refractivity contribution in [1.29, 1.82) is 0 Å². The summed E-state index contributed by atoms with van der Waals surface area (Å²) in [6.07, 6.45) is 1.70. The van der Waals surface area contributed by atoms with Gasteiger partial charge >= 0.3 is 0 Å². The minimum atomic E-state index is -0.155. The fourth-order valence-corrected chi connectivity index (χ4v) is 1.65. The van der Waals surface area contributed by atoms with E-state index in [4.69, 9.17) is 0 Å². The van der Waals surface area contributed by atoms with E-state index >= 15 is 0 Å². The Bertz CT molecular complexity index is 492. The van der Waals surface area contributed by atoms with Crippen LogP contribution in [0.15, 0.2) is 6.20 Å². The smallest absolute Gasteiger partial charge is 0.272 e. The van der Waals surface area contributed by atoms with Crippen molar-refractivity contribution < 1.29 is 4.79 Å². The van der Waals surface area contributed by atoms with Crippen molar-refractivity contribution in [2.45, 2.75) is 60.4 Å². The van der Waals surface area contributed by atoms with E-state index in [0.29, 0.717) is 17.2 Å². The lowest BCUT2D eigenvalue weighted by Crippen LogP contribution is -2.42. The third-order valence-corrected chi connectivity index (χ3v) is 3.55. The number of amides is 1. The Balaban J connectivity index is 3.07. The Morgan fingerprint density at radius 3 is 2.38 bits per heavy atom. The molecule has 1 amide bonds. The lowest BCUT2D eigenvalue weighted by molar-refractivity contribution is 0.0905. The summed E-state index contributed by atoms with van der Waals surface area (Å²) in [6, 6.07) is 0.0527. The van der Waals surface area contributed by atoms with Crippen molar-refractivity contribution in [3.8, 4) is 0 Å². The van der Waals surface area contributed by atoms with Crippen LogP contribution in [0.5, 0.6) is 0 Å². The lowest BCUT2D eigenvalue weighted by atomic mass is 9.88. The Kier molecular flexibility index (Phi) is 5.70. The van der Waals surface area contributed by atoms with Gasteiger partial charge in [-0.3, -0.25) is 4.79 Å². The summed E-state index contributed by atoms with van der Waals surface area (Å²) in [5.41, 5.74) is 1.11. The standard InChI is InChI=1S/C16H28N4O/c1-8-17-12-9-18-14(10(2)3)20-13(12)15(21)19-11(4)16(5,6)7/h9-11,17H,8H2,1-7H3,(H,19,21). The Morgan fingerprint density at radius 1 is 1.29 bits per heavy atom. The summed E-state index contributed by atoms with van der Waals surface area (Å²) in [5.74, 6) is 0.718. The summed E-state index contributed by atoms with van der Waals surface area (Å²) in [5, 5.41) is 6.18. The molecule has 1 unspecified atom stereocenters. The van der Waals surface area contributed by atoms with Gasteiger partial charge in [0.05, 0.1) is 11.9 Å². The van der Waals surface area contributed by atoms with Crippen LogP contribution in [-0.2, 0) is 0 Å². The highest BCUT2D eigenvalue weighted by Crippen LogP contribution is 2.20. The van der Waals surface area contributed by atoms with Crippen LogP contribution in [-0.4, -0.2) is 28.5 Å². The summed E-state index contributed by atoms with van der Waals surface area (Å²) < 4.78 is 0. The van der Waals surface area contributed by atoms with Gasteiger partial charge in [-0.2, -0.15) is 0 Å². The number of carbonyl (C=O) groups excluding carboxylic acids is 1. The van der Waals surface area contributed by atoms with Gasteiger partial charge in [0.2, 0.25) is 0 Å². The number of anilines is 1. The van der Waals surface area contributed by atoms with Crippen LogP contribution in [0.2, 0.25) is 0 Å². The lowest BCUT2D eigenvalue weighted by Gasteiger charge is -2.28. The van der Waals surface area contributed by atoms with Crippen LogP contribution in [0.1, 0.15) is 70.7 Å². The van der Waals surface area contributed by atoms with Crippen molar-refractivity contribution in [2.75, 3.05) is 11.9 Å². The zero-order valence-corrected chi connectivity index (χ0v) is 14.2. The maximum absolute atomic E-state index is 12.5. The zero-order valence-electron chi connectivity index (χ0n) is 14.2. The fourth-order valence-electron chi connectivity index (χ4n) is 1.65. The number of hydrogen-bond donors (Lipinski definition) is 2. The van der Waals surface area contributed by atoms with E-state index in [2.05, 4.69) is 41.4 Å². The Labute approximate surface area is 128 Å². The third-order valence-electron chi connectivity index (χ3n) is 3.55. The largest absolute Gasteiger partial charge is 0.382 e. The second-order valence-corrected chi connectivity index (χ2v) is 6.74. The second-order valence-electron chi connectivity index (χ2n) is 6.74. The van der Waals surface area contributed by atoms with Gasteiger partial charge in [0.15, 0.2) is 5.69 Å². The van der Waals surface area contributed by atoms with Crippen LogP contribution >= 0.6 is 0 Å². The molecule has 0 fully saturated rings. The first-order valence-electron chi connectivity index (χ1n) is 7.58. The molecule has 1 aromatic heterocycles. The summed E-state index contributed by atoms with van der Waals surface area (Å²) >= 11 is 0. The predicted molar refractivity (Wildman–Crippen MR) is 86.7 cm³/mol. The van der Waals surface area contributed by atoms with E-state index in [9.17, 15) is 4.79 Å². The molecule has 1 rings (SSSR count). The van der Waals surface area contributed by atoms with E-state index in [1.165, 1.54) is 0 Å². The minimum absolute atomic E-state index is 0.00190. The number of rotatable bonds is 5. The molecule has 0 saturated carbocycles. The van der Waals surface area contributed by atoms with E-state index in [1.54, 1.807) is 6.20 Å². The maximum atomic E-state index is 12.5. The van der Waals surface area contributed by atoms with Gasteiger partial charge in [-0.05, 0) is 19.3 Å². The molecule has 2 N–H and O–H groups in total. The fraction of sp³-hybridized carbons (Fsp3) is 0.688. The molecule has 1 aromatic rings. The molecule has 118 valence electrons. The van der Waals surface area contributed by atoms with Crippen molar-refractivity contribution in [2.24, 2.45) is 5.41 Å². The van der Waals surface area contributed by atoms with Gasteiger partial charge in [-0.15, -0.1) is 0 Å². The first kappa shape index (κ1) is 17.4. The highest BCUT2D eigenvalue weighted by molar-refractivity contribution is 5.97. The molecule has 1 heterocycles. The predicted octanol–water partition coefficient (Wildman–Crippen LogP) is 3.20. The van der Waals surface area contributed by atoms with Gasteiger partial charge in [-0.25, -0.2) is 9.97 Å².